The Morgan fingerprint density at radius 3 is 2.35 bits per heavy atom. The molecule has 2 aromatic rings. The molecule has 0 atom stereocenters. The van der Waals surface area contributed by atoms with Crippen LogP contribution in [0.4, 0.5) is 0 Å². The molecule has 0 bridgehead atoms. The first kappa shape index (κ1) is 16.3. The summed E-state index contributed by atoms with van der Waals surface area (Å²) in [5.41, 5.74) is 1.27. The molecule has 23 heavy (non-hydrogen) atoms. The molecule has 5 heteroatoms. The summed E-state index contributed by atoms with van der Waals surface area (Å²) in [6.07, 6.45) is 0.958. The van der Waals surface area contributed by atoms with Gasteiger partial charge in [0.15, 0.2) is 11.5 Å². The Kier molecular flexibility index (Phi) is 4.50. The van der Waals surface area contributed by atoms with Crippen molar-refractivity contribution in [3.05, 3.63) is 65.2 Å². The molecule has 0 unspecified atom stereocenters. The van der Waals surface area contributed by atoms with Gasteiger partial charge >= 0.3 is 5.97 Å². The zero-order chi connectivity index (χ0) is 17.1. The van der Waals surface area contributed by atoms with E-state index in [-0.39, 0.29) is 22.6 Å². The molecule has 5 nitrogen and oxygen atoms in total. The van der Waals surface area contributed by atoms with Crippen LogP contribution in [0.1, 0.15) is 27.0 Å². The second-order valence-electron chi connectivity index (χ2n) is 5.08. The third kappa shape index (κ3) is 3.23. The van der Waals surface area contributed by atoms with Crippen LogP contribution in [-0.2, 0) is 4.79 Å². The molecule has 0 saturated carbocycles. The smallest absolute Gasteiger partial charge is 0.335 e. The Balaban J connectivity index is 2.51. The van der Waals surface area contributed by atoms with Crippen LogP contribution in [0.5, 0.6) is 17.2 Å². The first-order valence-electron chi connectivity index (χ1n) is 6.86. The van der Waals surface area contributed by atoms with E-state index in [2.05, 4.69) is 6.58 Å². The Bertz CT molecular complexity index is 805. The summed E-state index contributed by atoms with van der Waals surface area (Å²) in [7, 11) is 0. The highest BCUT2D eigenvalue weighted by molar-refractivity contribution is 6.12. The van der Waals surface area contributed by atoms with E-state index in [1.807, 2.05) is 0 Å². The number of carbonyl (C=O) groups excluding carboxylic acids is 2. The molecule has 0 aromatic heterocycles. The van der Waals surface area contributed by atoms with E-state index < -0.39 is 17.5 Å². The minimum atomic E-state index is -0.744. The van der Waals surface area contributed by atoms with Crippen LogP contribution >= 0.6 is 0 Å². The Morgan fingerprint density at radius 2 is 1.74 bits per heavy atom. The van der Waals surface area contributed by atoms with E-state index in [1.54, 1.807) is 26.0 Å². The quantitative estimate of drug-likeness (QED) is 0.392. The van der Waals surface area contributed by atoms with Gasteiger partial charge < -0.3 is 14.9 Å². The van der Waals surface area contributed by atoms with Crippen LogP contribution in [0.25, 0.3) is 0 Å². The van der Waals surface area contributed by atoms with Crippen LogP contribution in [0.2, 0.25) is 0 Å². The van der Waals surface area contributed by atoms with Crippen molar-refractivity contribution in [2.75, 3.05) is 0 Å². The molecule has 0 fully saturated rings. The number of ketones is 1. The Labute approximate surface area is 133 Å². The highest BCUT2D eigenvalue weighted by Crippen LogP contribution is 2.36. The highest BCUT2D eigenvalue weighted by Gasteiger charge is 2.22. The molecule has 0 spiro atoms. The molecular formula is C18H16O5. The van der Waals surface area contributed by atoms with E-state index in [1.165, 1.54) is 18.2 Å². The van der Waals surface area contributed by atoms with Crippen LogP contribution < -0.4 is 4.74 Å². The summed E-state index contributed by atoms with van der Waals surface area (Å²) >= 11 is 0. The fourth-order valence-corrected chi connectivity index (χ4v) is 2.11. The van der Waals surface area contributed by atoms with Crippen molar-refractivity contribution >= 4 is 11.8 Å². The molecule has 0 saturated heterocycles. The topological polar surface area (TPSA) is 83.8 Å². The summed E-state index contributed by atoms with van der Waals surface area (Å²) in [5, 5.41) is 20.2. The SMILES string of the molecule is C=CC(=O)Oc1c(C)ccc(C(=O)c2ccc(C)cc2O)c1O. The molecule has 118 valence electrons. The maximum atomic E-state index is 12.5. The molecule has 0 aliphatic heterocycles. The average molecular weight is 312 g/mol. The monoisotopic (exact) mass is 312 g/mol. The van der Waals surface area contributed by atoms with Gasteiger partial charge in [-0.25, -0.2) is 4.79 Å². The zero-order valence-electron chi connectivity index (χ0n) is 12.8. The van der Waals surface area contributed by atoms with E-state index >= 15 is 0 Å². The first-order chi connectivity index (χ1) is 10.8. The van der Waals surface area contributed by atoms with Crippen molar-refractivity contribution in [3.63, 3.8) is 0 Å². The number of ether oxygens (including phenoxy) is 1. The molecule has 0 radical (unpaired) electrons. The number of esters is 1. The van der Waals surface area contributed by atoms with E-state index in [9.17, 15) is 19.8 Å². The fourth-order valence-electron chi connectivity index (χ4n) is 2.11. The summed E-state index contributed by atoms with van der Waals surface area (Å²) in [6.45, 7) is 6.69. The molecule has 0 aliphatic rings. The number of aryl methyl sites for hydroxylation is 2. The van der Waals surface area contributed by atoms with Crippen LogP contribution in [0, 0.1) is 13.8 Å². The van der Waals surface area contributed by atoms with Gasteiger partial charge in [-0.2, -0.15) is 0 Å². The largest absolute Gasteiger partial charge is 0.507 e. The van der Waals surface area contributed by atoms with Gasteiger partial charge in [0.25, 0.3) is 0 Å². The molecule has 0 aliphatic carbocycles. The van der Waals surface area contributed by atoms with Gasteiger partial charge in [-0.15, -0.1) is 0 Å². The van der Waals surface area contributed by atoms with E-state index in [0.29, 0.717) is 5.56 Å². The predicted octanol–water partition coefficient (Wildman–Crippen LogP) is 3.04. The van der Waals surface area contributed by atoms with Crippen molar-refractivity contribution in [1.29, 1.82) is 0 Å². The number of carbonyl (C=O) groups is 2. The van der Waals surface area contributed by atoms with Gasteiger partial charge in [0.2, 0.25) is 5.78 Å². The predicted molar refractivity (Wildman–Crippen MR) is 85.0 cm³/mol. The standard InChI is InChI=1S/C18H16O5/c1-4-15(20)23-18-11(3)6-8-13(17(18)22)16(21)12-7-5-10(2)9-14(12)19/h4-9,19,22H,1H2,2-3H3. The molecule has 0 heterocycles. The number of rotatable bonds is 4. The number of phenolic OH excluding ortho intramolecular Hbond substituents is 2. The van der Waals surface area contributed by atoms with Gasteiger partial charge in [0.1, 0.15) is 5.75 Å². The Hall–Kier alpha value is -3.08. The maximum Gasteiger partial charge on any atom is 0.335 e. The lowest BCUT2D eigenvalue weighted by Crippen LogP contribution is -2.08. The van der Waals surface area contributed by atoms with Gasteiger partial charge in [-0.1, -0.05) is 18.7 Å². The van der Waals surface area contributed by atoms with Crippen molar-refractivity contribution in [2.45, 2.75) is 13.8 Å². The summed E-state index contributed by atoms with van der Waals surface area (Å²) in [5.74, 6) is -2.06. The van der Waals surface area contributed by atoms with Crippen molar-refractivity contribution in [2.24, 2.45) is 0 Å². The van der Waals surface area contributed by atoms with Crippen molar-refractivity contribution in [1.82, 2.24) is 0 Å². The third-order valence-corrected chi connectivity index (χ3v) is 3.34. The molecule has 2 aromatic carbocycles. The van der Waals surface area contributed by atoms with E-state index in [4.69, 9.17) is 4.74 Å². The first-order valence-corrected chi connectivity index (χ1v) is 6.86. The lowest BCUT2D eigenvalue weighted by Gasteiger charge is -2.12. The molecule has 0 amide bonds. The van der Waals surface area contributed by atoms with Gasteiger partial charge in [0, 0.05) is 6.08 Å². The third-order valence-electron chi connectivity index (χ3n) is 3.34. The Morgan fingerprint density at radius 1 is 1.09 bits per heavy atom. The minimum absolute atomic E-state index is 0.0516. The second-order valence-corrected chi connectivity index (χ2v) is 5.08. The number of phenols is 2. The summed E-state index contributed by atoms with van der Waals surface area (Å²) < 4.78 is 4.98. The van der Waals surface area contributed by atoms with Gasteiger partial charge in [0.05, 0.1) is 11.1 Å². The lowest BCUT2D eigenvalue weighted by molar-refractivity contribution is -0.129. The fraction of sp³-hybridized carbons (Fsp3) is 0.111. The molecular weight excluding hydrogens is 296 g/mol. The zero-order valence-corrected chi connectivity index (χ0v) is 12.8. The number of benzene rings is 2. The minimum Gasteiger partial charge on any atom is -0.507 e. The summed E-state index contributed by atoms with van der Waals surface area (Å²) in [6, 6.07) is 7.57. The number of hydrogen-bond acceptors (Lipinski definition) is 5. The van der Waals surface area contributed by atoms with Crippen LogP contribution in [-0.4, -0.2) is 22.0 Å². The van der Waals surface area contributed by atoms with Crippen molar-refractivity contribution in [3.8, 4) is 17.2 Å². The van der Waals surface area contributed by atoms with Crippen LogP contribution in [0.3, 0.4) is 0 Å². The lowest BCUT2D eigenvalue weighted by atomic mass is 9.98. The van der Waals surface area contributed by atoms with Gasteiger partial charge in [-0.05, 0) is 43.2 Å². The second kappa shape index (κ2) is 6.36. The summed E-state index contributed by atoms with van der Waals surface area (Å²) in [4.78, 5) is 23.9. The number of hydrogen-bond donors (Lipinski definition) is 2. The number of aromatic hydroxyl groups is 2. The highest BCUT2D eigenvalue weighted by atomic mass is 16.5. The average Bonchev–Trinajstić information content (AvgIpc) is 2.50. The molecule has 2 N–H and O–H groups in total. The maximum absolute atomic E-state index is 12.5. The van der Waals surface area contributed by atoms with Crippen LogP contribution in [0.15, 0.2) is 43.0 Å². The van der Waals surface area contributed by atoms with E-state index in [0.717, 1.165) is 11.6 Å². The normalized spacial score (nSPS) is 10.2. The molecule has 2 rings (SSSR count). The van der Waals surface area contributed by atoms with Crippen molar-refractivity contribution < 1.29 is 24.5 Å². The van der Waals surface area contributed by atoms with Gasteiger partial charge in [-0.3, -0.25) is 4.79 Å².